The van der Waals surface area contributed by atoms with Gasteiger partial charge in [-0.3, -0.25) is 0 Å². The maximum absolute atomic E-state index is 3.78. The van der Waals surface area contributed by atoms with Crippen molar-refractivity contribution in [3.63, 3.8) is 0 Å². The number of nitrogens with one attached hydrogen (secondary N) is 1. The third-order valence-electron chi connectivity index (χ3n) is 4.11. The lowest BCUT2D eigenvalue weighted by atomic mass is 9.80. The van der Waals surface area contributed by atoms with E-state index in [2.05, 4.69) is 78.0 Å². The van der Waals surface area contributed by atoms with E-state index >= 15 is 0 Å². The highest BCUT2D eigenvalue weighted by atomic mass is 79.9. The molecule has 0 amide bonds. The predicted octanol–water partition coefficient (Wildman–Crippen LogP) is 5.34. The minimum Gasteiger partial charge on any atom is -0.313 e. The van der Waals surface area contributed by atoms with Crippen LogP contribution in [0.4, 0.5) is 0 Å². The molecule has 1 nitrogen and oxygen atoms in total. The van der Waals surface area contributed by atoms with Crippen molar-refractivity contribution in [3.05, 3.63) is 28.7 Å². The quantitative estimate of drug-likeness (QED) is 0.764. The summed E-state index contributed by atoms with van der Waals surface area (Å²) in [5.41, 5.74) is 0. The van der Waals surface area contributed by atoms with Crippen molar-refractivity contribution in [2.24, 2.45) is 11.8 Å². The number of hydrogen-bond acceptors (Lipinski definition) is 2. The summed E-state index contributed by atoms with van der Waals surface area (Å²) in [7, 11) is 0. The molecular formula is C17H26BrNS. The molecule has 1 saturated carbocycles. The molecule has 3 heteroatoms. The average Bonchev–Trinajstić information content (AvgIpc) is 2.40. The van der Waals surface area contributed by atoms with Gasteiger partial charge in [0.2, 0.25) is 0 Å². The molecule has 0 aromatic heterocycles. The molecule has 4 atom stereocenters. The Morgan fingerprint density at radius 2 is 2.10 bits per heavy atom. The zero-order chi connectivity index (χ0) is 14.5. The van der Waals surface area contributed by atoms with Gasteiger partial charge in [-0.05, 0) is 55.8 Å². The highest BCUT2D eigenvalue weighted by Gasteiger charge is 2.34. The summed E-state index contributed by atoms with van der Waals surface area (Å²) in [6, 6.07) is 9.36. The summed E-state index contributed by atoms with van der Waals surface area (Å²) in [5, 5.41) is 4.47. The first-order valence-corrected chi connectivity index (χ1v) is 9.43. The summed E-state index contributed by atoms with van der Waals surface area (Å²) in [6.07, 6.45) is 3.89. The van der Waals surface area contributed by atoms with Crippen molar-refractivity contribution in [3.8, 4) is 0 Å². The first-order chi connectivity index (χ1) is 9.60. The molecule has 1 aromatic carbocycles. The van der Waals surface area contributed by atoms with Gasteiger partial charge in [-0.2, -0.15) is 0 Å². The zero-order valence-electron chi connectivity index (χ0n) is 12.7. The molecule has 0 saturated heterocycles. The van der Waals surface area contributed by atoms with E-state index < -0.39 is 0 Å². The van der Waals surface area contributed by atoms with Crippen LogP contribution in [0.15, 0.2) is 33.6 Å². The van der Waals surface area contributed by atoms with E-state index in [0.29, 0.717) is 11.3 Å². The average molecular weight is 356 g/mol. The van der Waals surface area contributed by atoms with Gasteiger partial charge in [-0.1, -0.05) is 42.8 Å². The van der Waals surface area contributed by atoms with Crippen molar-refractivity contribution in [2.45, 2.75) is 56.2 Å². The van der Waals surface area contributed by atoms with Crippen molar-refractivity contribution >= 4 is 27.7 Å². The second-order valence-corrected chi connectivity index (χ2v) is 8.32. The van der Waals surface area contributed by atoms with Crippen molar-refractivity contribution in [2.75, 3.05) is 6.54 Å². The van der Waals surface area contributed by atoms with Crippen molar-refractivity contribution in [1.82, 2.24) is 5.32 Å². The number of halogens is 1. The smallest absolute Gasteiger partial charge is 0.0274 e. The molecule has 1 aliphatic carbocycles. The fraction of sp³-hybridized carbons (Fsp3) is 0.647. The summed E-state index contributed by atoms with van der Waals surface area (Å²) in [6.45, 7) is 8.21. The van der Waals surface area contributed by atoms with E-state index in [0.717, 1.165) is 18.4 Å². The van der Waals surface area contributed by atoms with Crippen LogP contribution in [-0.2, 0) is 0 Å². The SMILES string of the molecule is CCCNC1CC(C)CC(C)C1Sc1cccc(Br)c1. The van der Waals surface area contributed by atoms with E-state index in [1.807, 2.05) is 0 Å². The Morgan fingerprint density at radius 3 is 2.80 bits per heavy atom. The highest BCUT2D eigenvalue weighted by molar-refractivity contribution is 9.10. The summed E-state index contributed by atoms with van der Waals surface area (Å²) in [4.78, 5) is 1.38. The monoisotopic (exact) mass is 355 g/mol. The fourth-order valence-corrected chi connectivity index (χ4v) is 5.19. The lowest BCUT2D eigenvalue weighted by Crippen LogP contribution is -2.46. The Morgan fingerprint density at radius 1 is 1.30 bits per heavy atom. The molecule has 2 rings (SSSR count). The van der Waals surface area contributed by atoms with Crippen LogP contribution in [0.25, 0.3) is 0 Å². The number of benzene rings is 1. The molecule has 1 aliphatic rings. The van der Waals surface area contributed by atoms with E-state index in [1.54, 1.807) is 0 Å². The predicted molar refractivity (Wildman–Crippen MR) is 93.4 cm³/mol. The summed E-state index contributed by atoms with van der Waals surface area (Å²) < 4.78 is 1.18. The van der Waals surface area contributed by atoms with Gasteiger partial charge in [-0.25, -0.2) is 0 Å². The van der Waals surface area contributed by atoms with Gasteiger partial charge in [-0.15, -0.1) is 11.8 Å². The molecule has 112 valence electrons. The summed E-state index contributed by atoms with van der Waals surface area (Å²) in [5.74, 6) is 1.62. The zero-order valence-corrected chi connectivity index (χ0v) is 15.1. The fourth-order valence-electron chi connectivity index (χ4n) is 3.25. The largest absolute Gasteiger partial charge is 0.313 e. The lowest BCUT2D eigenvalue weighted by Gasteiger charge is -2.40. The maximum atomic E-state index is 3.78. The van der Waals surface area contributed by atoms with Crippen LogP contribution < -0.4 is 5.32 Å². The number of hydrogen-bond donors (Lipinski definition) is 1. The van der Waals surface area contributed by atoms with Gasteiger partial charge in [0.25, 0.3) is 0 Å². The molecule has 0 bridgehead atoms. The van der Waals surface area contributed by atoms with Crippen LogP contribution in [0.5, 0.6) is 0 Å². The second-order valence-electron chi connectivity index (χ2n) is 6.15. The number of rotatable bonds is 5. The van der Waals surface area contributed by atoms with Crippen LogP contribution in [0.2, 0.25) is 0 Å². The molecule has 0 spiro atoms. The van der Waals surface area contributed by atoms with Crippen molar-refractivity contribution in [1.29, 1.82) is 0 Å². The van der Waals surface area contributed by atoms with Crippen LogP contribution in [0.3, 0.4) is 0 Å². The number of thioether (sulfide) groups is 1. The van der Waals surface area contributed by atoms with E-state index in [1.165, 1.54) is 28.6 Å². The van der Waals surface area contributed by atoms with Gasteiger partial charge >= 0.3 is 0 Å². The standard InChI is InChI=1S/C17H26BrNS/c1-4-8-19-16-10-12(2)9-13(3)17(16)20-15-7-5-6-14(18)11-15/h5-7,11-13,16-17,19H,4,8-10H2,1-3H3. The third kappa shape index (κ3) is 4.51. The Kier molecular flexibility index (Phi) is 6.44. The minimum atomic E-state index is 0.651. The lowest BCUT2D eigenvalue weighted by molar-refractivity contribution is 0.249. The first kappa shape index (κ1) is 16.4. The Labute approximate surface area is 136 Å². The molecule has 1 fully saturated rings. The van der Waals surface area contributed by atoms with Crippen LogP contribution >= 0.6 is 27.7 Å². The van der Waals surface area contributed by atoms with Gasteiger partial charge in [0.1, 0.15) is 0 Å². The minimum absolute atomic E-state index is 0.651. The molecule has 20 heavy (non-hydrogen) atoms. The van der Waals surface area contributed by atoms with Crippen LogP contribution in [-0.4, -0.2) is 17.8 Å². The molecule has 0 heterocycles. The van der Waals surface area contributed by atoms with E-state index in [4.69, 9.17) is 0 Å². The van der Waals surface area contributed by atoms with Gasteiger partial charge in [0, 0.05) is 20.7 Å². The van der Waals surface area contributed by atoms with Crippen LogP contribution in [0, 0.1) is 11.8 Å². The van der Waals surface area contributed by atoms with Crippen molar-refractivity contribution < 1.29 is 0 Å². The van der Waals surface area contributed by atoms with Gasteiger partial charge in [0.05, 0.1) is 0 Å². The van der Waals surface area contributed by atoms with Gasteiger partial charge in [0.15, 0.2) is 0 Å². The Balaban J connectivity index is 2.08. The van der Waals surface area contributed by atoms with Gasteiger partial charge < -0.3 is 5.32 Å². The second kappa shape index (κ2) is 7.86. The third-order valence-corrected chi connectivity index (χ3v) is 6.20. The van der Waals surface area contributed by atoms with E-state index in [9.17, 15) is 0 Å². The molecule has 1 aromatic rings. The highest BCUT2D eigenvalue weighted by Crippen LogP contribution is 2.40. The molecule has 1 N–H and O–H groups in total. The maximum Gasteiger partial charge on any atom is 0.0274 e. The first-order valence-electron chi connectivity index (χ1n) is 7.75. The Bertz CT molecular complexity index is 423. The normalized spacial score (nSPS) is 30.4. The molecule has 0 radical (unpaired) electrons. The summed E-state index contributed by atoms with van der Waals surface area (Å²) >= 11 is 5.63. The van der Waals surface area contributed by atoms with E-state index in [-0.39, 0.29) is 0 Å². The molecular weight excluding hydrogens is 330 g/mol. The molecule has 4 unspecified atom stereocenters. The Hall–Kier alpha value is 0.01000. The molecule has 0 aliphatic heterocycles. The van der Waals surface area contributed by atoms with Crippen LogP contribution in [0.1, 0.15) is 40.0 Å². The topological polar surface area (TPSA) is 12.0 Å².